The van der Waals surface area contributed by atoms with Crippen LogP contribution in [0.2, 0.25) is 0 Å². The number of nitrogens with zero attached hydrogens (tertiary/aromatic N) is 3. The van der Waals surface area contributed by atoms with Crippen LogP contribution in [0, 0.1) is 4.64 Å². The monoisotopic (exact) mass is 152 g/mol. The molecule has 0 fully saturated rings. The minimum Gasteiger partial charge on any atom is -0.281 e. The number of H-pyrrole nitrogens is 1. The summed E-state index contributed by atoms with van der Waals surface area (Å²) in [6.45, 7) is 0. The highest BCUT2D eigenvalue weighted by Gasteiger charge is 1.90. The quantitative estimate of drug-likeness (QED) is 0.567. The van der Waals surface area contributed by atoms with Crippen molar-refractivity contribution >= 4 is 17.9 Å². The van der Waals surface area contributed by atoms with Crippen LogP contribution in [0.5, 0.6) is 0 Å². The van der Waals surface area contributed by atoms with Gasteiger partial charge < -0.3 is 0 Å². The molecular formula is C5H4N4S. The van der Waals surface area contributed by atoms with Crippen LogP contribution in [0.3, 0.4) is 0 Å². The molecule has 2 rings (SSSR count). The maximum atomic E-state index is 4.94. The van der Waals surface area contributed by atoms with Crippen molar-refractivity contribution < 1.29 is 0 Å². The number of hydrogen-bond acceptors (Lipinski definition) is 3. The lowest BCUT2D eigenvalue weighted by Crippen LogP contribution is -1.88. The summed E-state index contributed by atoms with van der Waals surface area (Å²) in [5.41, 5.74) is 0.743. The van der Waals surface area contributed by atoms with Gasteiger partial charge in [-0.2, -0.15) is 0 Å². The van der Waals surface area contributed by atoms with Gasteiger partial charge in [0.05, 0.1) is 12.4 Å². The van der Waals surface area contributed by atoms with Crippen LogP contribution in [0.1, 0.15) is 0 Å². The molecule has 0 aliphatic rings. The molecule has 0 aromatic carbocycles. The fourth-order valence-corrected chi connectivity index (χ4v) is 0.977. The second kappa shape index (κ2) is 1.88. The fourth-order valence-electron chi connectivity index (χ4n) is 0.770. The molecule has 0 bridgehead atoms. The largest absolute Gasteiger partial charge is 0.281 e. The van der Waals surface area contributed by atoms with Crippen molar-refractivity contribution in [2.24, 2.45) is 0 Å². The van der Waals surface area contributed by atoms with Gasteiger partial charge >= 0.3 is 0 Å². The Balaban J connectivity index is 3.09. The van der Waals surface area contributed by atoms with Crippen molar-refractivity contribution in [3.8, 4) is 0 Å². The second-order valence-electron chi connectivity index (χ2n) is 1.83. The molecule has 2 heterocycles. The average Bonchev–Trinajstić information content (AvgIpc) is 2.36. The zero-order valence-electron chi connectivity index (χ0n) is 4.98. The molecule has 0 saturated carbocycles. The standard InChI is InChI=1S/C5H4N4S/c10-5-2-6-1-4-7-3-8-9(4)5/h1-3H,(H,7,8). The molecule has 50 valence electrons. The Labute approximate surface area is 61.5 Å². The maximum Gasteiger partial charge on any atom is 0.172 e. The Bertz CT molecular complexity index is 401. The predicted molar refractivity (Wildman–Crippen MR) is 38.2 cm³/mol. The molecule has 5 heteroatoms. The smallest absolute Gasteiger partial charge is 0.172 e. The zero-order valence-corrected chi connectivity index (χ0v) is 5.80. The highest BCUT2D eigenvalue weighted by molar-refractivity contribution is 7.71. The van der Waals surface area contributed by atoms with Crippen LogP contribution in [-0.4, -0.2) is 19.6 Å². The van der Waals surface area contributed by atoms with Crippen molar-refractivity contribution in [2.45, 2.75) is 0 Å². The van der Waals surface area contributed by atoms with E-state index >= 15 is 0 Å². The SMILES string of the molecule is S=c1cncc2nc[nH]n12. The Morgan fingerprint density at radius 3 is 3.20 bits per heavy atom. The van der Waals surface area contributed by atoms with Gasteiger partial charge in [0.2, 0.25) is 0 Å². The summed E-state index contributed by atoms with van der Waals surface area (Å²) < 4.78 is 2.32. The maximum absolute atomic E-state index is 4.94. The third-order valence-corrected chi connectivity index (χ3v) is 1.50. The highest BCUT2D eigenvalue weighted by atomic mass is 32.1. The second-order valence-corrected chi connectivity index (χ2v) is 2.24. The number of nitrogens with one attached hydrogen (secondary N) is 1. The first-order valence-corrected chi connectivity index (χ1v) is 3.15. The van der Waals surface area contributed by atoms with Gasteiger partial charge in [-0.3, -0.25) is 10.1 Å². The van der Waals surface area contributed by atoms with Crippen LogP contribution in [0.4, 0.5) is 0 Å². The van der Waals surface area contributed by atoms with E-state index in [9.17, 15) is 0 Å². The minimum atomic E-state index is 0.634. The Hall–Kier alpha value is -1.23. The van der Waals surface area contributed by atoms with Gasteiger partial charge in [-0.05, 0) is 0 Å². The molecule has 0 radical (unpaired) electrons. The fraction of sp³-hybridized carbons (Fsp3) is 0. The molecule has 2 aromatic rings. The molecule has 0 saturated heterocycles. The summed E-state index contributed by atoms with van der Waals surface area (Å²) in [4.78, 5) is 7.83. The van der Waals surface area contributed by atoms with E-state index in [1.807, 2.05) is 0 Å². The first kappa shape index (κ1) is 5.55. The van der Waals surface area contributed by atoms with Crippen molar-refractivity contribution in [3.05, 3.63) is 23.4 Å². The highest BCUT2D eigenvalue weighted by Crippen LogP contribution is 1.93. The molecule has 0 spiro atoms. The summed E-state index contributed by atoms with van der Waals surface area (Å²) >= 11 is 4.94. The average molecular weight is 152 g/mol. The van der Waals surface area contributed by atoms with Gasteiger partial charge in [-0.25, -0.2) is 9.50 Å². The molecule has 4 nitrogen and oxygen atoms in total. The first-order valence-electron chi connectivity index (χ1n) is 2.74. The van der Waals surface area contributed by atoms with E-state index in [0.717, 1.165) is 5.65 Å². The van der Waals surface area contributed by atoms with Gasteiger partial charge in [0.25, 0.3) is 0 Å². The molecule has 10 heavy (non-hydrogen) atoms. The van der Waals surface area contributed by atoms with Gasteiger partial charge in [0.15, 0.2) is 5.65 Å². The molecule has 0 aliphatic heterocycles. The number of rotatable bonds is 0. The van der Waals surface area contributed by atoms with E-state index in [-0.39, 0.29) is 0 Å². The summed E-state index contributed by atoms with van der Waals surface area (Å²) in [6.07, 6.45) is 4.82. The summed E-state index contributed by atoms with van der Waals surface area (Å²) in [6, 6.07) is 0. The normalized spacial score (nSPS) is 10.4. The summed E-state index contributed by atoms with van der Waals surface area (Å²) in [7, 11) is 0. The third-order valence-electron chi connectivity index (χ3n) is 1.21. The number of aromatic nitrogens is 4. The van der Waals surface area contributed by atoms with Gasteiger partial charge in [-0.1, -0.05) is 12.2 Å². The van der Waals surface area contributed by atoms with E-state index in [4.69, 9.17) is 12.2 Å². The molecule has 0 unspecified atom stereocenters. The first-order chi connectivity index (χ1) is 4.88. The zero-order chi connectivity index (χ0) is 6.97. The van der Waals surface area contributed by atoms with Crippen molar-refractivity contribution in [3.63, 3.8) is 0 Å². The molecule has 0 atom stereocenters. The molecule has 0 amide bonds. The van der Waals surface area contributed by atoms with Gasteiger partial charge in [0, 0.05) is 0 Å². The number of fused-ring (bicyclic) bond motifs is 1. The van der Waals surface area contributed by atoms with E-state index in [0.29, 0.717) is 4.64 Å². The van der Waals surface area contributed by atoms with Crippen LogP contribution >= 0.6 is 12.2 Å². The Kier molecular flexibility index (Phi) is 1.04. The number of hydrogen-bond donors (Lipinski definition) is 1. The van der Waals surface area contributed by atoms with Crippen molar-refractivity contribution in [2.75, 3.05) is 0 Å². The lowest BCUT2D eigenvalue weighted by Gasteiger charge is -1.87. The molecule has 2 aromatic heterocycles. The van der Waals surface area contributed by atoms with E-state index in [1.165, 1.54) is 0 Å². The molecule has 1 N–H and O–H groups in total. The third kappa shape index (κ3) is 0.640. The van der Waals surface area contributed by atoms with Gasteiger partial charge in [0.1, 0.15) is 11.0 Å². The van der Waals surface area contributed by atoms with Crippen molar-refractivity contribution in [1.82, 2.24) is 19.6 Å². The summed E-state index contributed by atoms with van der Waals surface area (Å²) in [5.74, 6) is 0. The Morgan fingerprint density at radius 2 is 2.40 bits per heavy atom. The van der Waals surface area contributed by atoms with Gasteiger partial charge in [-0.15, -0.1) is 0 Å². The van der Waals surface area contributed by atoms with E-state index in [1.54, 1.807) is 23.2 Å². The molecule has 0 aliphatic carbocycles. The van der Waals surface area contributed by atoms with Crippen LogP contribution < -0.4 is 0 Å². The topological polar surface area (TPSA) is 46.0 Å². The van der Waals surface area contributed by atoms with Crippen molar-refractivity contribution in [1.29, 1.82) is 0 Å². The van der Waals surface area contributed by atoms with E-state index in [2.05, 4.69) is 15.1 Å². The molecular weight excluding hydrogens is 148 g/mol. The minimum absolute atomic E-state index is 0.634. The summed E-state index contributed by atoms with van der Waals surface area (Å²) in [5, 5.41) is 2.85. The Morgan fingerprint density at radius 1 is 1.50 bits per heavy atom. The lowest BCUT2D eigenvalue weighted by atomic mass is 10.7. The van der Waals surface area contributed by atoms with Crippen LogP contribution in [0.25, 0.3) is 5.65 Å². The van der Waals surface area contributed by atoms with Crippen LogP contribution in [-0.2, 0) is 0 Å². The number of aromatic amines is 1. The predicted octanol–water partition coefficient (Wildman–Crippen LogP) is 0.787. The van der Waals surface area contributed by atoms with E-state index < -0.39 is 0 Å². The van der Waals surface area contributed by atoms with Crippen LogP contribution in [0.15, 0.2) is 18.7 Å². The lowest BCUT2D eigenvalue weighted by molar-refractivity contribution is 0.930.